The molecule has 0 aliphatic heterocycles. The predicted molar refractivity (Wildman–Crippen MR) is 71.6 cm³/mol. The van der Waals surface area contributed by atoms with Gasteiger partial charge in [-0.1, -0.05) is 12.1 Å². The molecule has 0 fully saturated rings. The molecule has 0 saturated heterocycles. The highest BCUT2D eigenvalue weighted by atomic mass is 19.2. The number of nitrogens with two attached hydrogens (primary N) is 1. The quantitative estimate of drug-likeness (QED) is 0.503. The molecule has 0 saturated carbocycles. The fourth-order valence-corrected chi connectivity index (χ4v) is 1.75. The molecule has 0 aromatic heterocycles. The maximum absolute atomic E-state index is 13.0. The van der Waals surface area contributed by atoms with Gasteiger partial charge in [0.15, 0.2) is 11.6 Å². The number of nitrogen functional groups attached to an aromatic ring is 1. The lowest BCUT2D eigenvalue weighted by molar-refractivity contribution is -0.384. The molecule has 0 amide bonds. The molecule has 0 atom stereocenters. The van der Waals surface area contributed by atoms with Gasteiger partial charge in [0, 0.05) is 17.7 Å². The molecule has 110 valence electrons. The van der Waals surface area contributed by atoms with Gasteiger partial charge in [0.05, 0.1) is 4.92 Å². The molecule has 3 N–H and O–H groups in total. The van der Waals surface area contributed by atoms with Crippen LogP contribution in [0.2, 0.25) is 0 Å². The fraction of sp³-hybridized carbons (Fsp3) is 0.0769. The van der Waals surface area contributed by atoms with Crippen molar-refractivity contribution in [2.75, 3.05) is 5.43 Å². The van der Waals surface area contributed by atoms with Crippen LogP contribution in [0, 0.1) is 21.7 Å². The van der Waals surface area contributed by atoms with Crippen LogP contribution in [0.15, 0.2) is 36.4 Å². The Labute approximate surface area is 118 Å². The molecule has 2 aromatic rings. The van der Waals surface area contributed by atoms with E-state index in [9.17, 15) is 18.9 Å². The summed E-state index contributed by atoms with van der Waals surface area (Å²) >= 11 is 0. The Morgan fingerprint density at radius 2 is 2.00 bits per heavy atom. The SMILES string of the molecule is NNc1c(COc2ccc(F)c(F)c2)cccc1[N+](=O)[O-]. The molecule has 0 heterocycles. The number of nitro groups is 1. The predicted octanol–water partition coefficient (Wildman–Crippen LogP) is 2.74. The fourth-order valence-electron chi connectivity index (χ4n) is 1.75. The third-order valence-corrected chi connectivity index (χ3v) is 2.76. The second-order valence-corrected chi connectivity index (χ2v) is 4.08. The van der Waals surface area contributed by atoms with Gasteiger partial charge in [-0.15, -0.1) is 0 Å². The van der Waals surface area contributed by atoms with E-state index in [1.807, 2.05) is 0 Å². The molecule has 6 nitrogen and oxygen atoms in total. The number of nitrogens with zero attached hydrogens (tertiary/aromatic N) is 1. The van der Waals surface area contributed by atoms with Gasteiger partial charge < -0.3 is 10.2 Å². The van der Waals surface area contributed by atoms with E-state index in [-0.39, 0.29) is 23.7 Å². The van der Waals surface area contributed by atoms with Crippen LogP contribution in [-0.2, 0) is 6.61 Å². The first-order chi connectivity index (χ1) is 10.0. The Balaban J connectivity index is 2.21. The number of rotatable bonds is 5. The molecule has 2 rings (SSSR count). The average Bonchev–Trinajstić information content (AvgIpc) is 2.47. The van der Waals surface area contributed by atoms with E-state index < -0.39 is 16.6 Å². The molecular formula is C13H11F2N3O3. The lowest BCUT2D eigenvalue weighted by Crippen LogP contribution is -2.12. The smallest absolute Gasteiger partial charge is 0.294 e. The molecule has 0 spiro atoms. The van der Waals surface area contributed by atoms with Crippen molar-refractivity contribution in [1.29, 1.82) is 0 Å². The lowest BCUT2D eigenvalue weighted by Gasteiger charge is -2.11. The molecule has 8 heteroatoms. The Hall–Kier alpha value is -2.74. The molecule has 0 unspecified atom stereocenters. The van der Waals surface area contributed by atoms with E-state index in [1.165, 1.54) is 18.2 Å². The Bertz CT molecular complexity index is 680. The molecular weight excluding hydrogens is 284 g/mol. The van der Waals surface area contributed by atoms with Gasteiger partial charge in [0.1, 0.15) is 18.0 Å². The Morgan fingerprint density at radius 1 is 1.24 bits per heavy atom. The highest BCUT2D eigenvalue weighted by Crippen LogP contribution is 2.28. The van der Waals surface area contributed by atoms with Crippen molar-refractivity contribution in [3.05, 3.63) is 63.7 Å². The van der Waals surface area contributed by atoms with Gasteiger partial charge in [0.25, 0.3) is 5.69 Å². The Morgan fingerprint density at radius 3 is 2.62 bits per heavy atom. The van der Waals surface area contributed by atoms with E-state index in [4.69, 9.17) is 10.6 Å². The van der Waals surface area contributed by atoms with Crippen molar-refractivity contribution in [1.82, 2.24) is 0 Å². The van der Waals surface area contributed by atoms with Gasteiger partial charge in [-0.25, -0.2) is 8.78 Å². The largest absolute Gasteiger partial charge is 0.489 e. The molecule has 0 bridgehead atoms. The monoisotopic (exact) mass is 295 g/mol. The number of nitro benzene ring substituents is 1. The average molecular weight is 295 g/mol. The summed E-state index contributed by atoms with van der Waals surface area (Å²) in [6.45, 7) is -0.0910. The number of para-hydroxylation sites is 1. The second kappa shape index (κ2) is 6.14. The zero-order chi connectivity index (χ0) is 15.4. The van der Waals surface area contributed by atoms with Crippen LogP contribution >= 0.6 is 0 Å². The van der Waals surface area contributed by atoms with Gasteiger partial charge >= 0.3 is 0 Å². The summed E-state index contributed by atoms with van der Waals surface area (Å²) in [6.07, 6.45) is 0. The first-order valence-corrected chi connectivity index (χ1v) is 5.83. The first-order valence-electron chi connectivity index (χ1n) is 5.83. The summed E-state index contributed by atoms with van der Waals surface area (Å²) in [4.78, 5) is 10.3. The zero-order valence-electron chi connectivity index (χ0n) is 10.7. The van der Waals surface area contributed by atoms with Gasteiger partial charge in [-0.05, 0) is 12.1 Å². The molecule has 0 radical (unpaired) electrons. The summed E-state index contributed by atoms with van der Waals surface area (Å²) < 4.78 is 31.1. The summed E-state index contributed by atoms with van der Waals surface area (Å²) in [5.41, 5.74) is 2.56. The van der Waals surface area contributed by atoms with Crippen molar-refractivity contribution in [3.8, 4) is 5.75 Å². The van der Waals surface area contributed by atoms with Crippen molar-refractivity contribution in [3.63, 3.8) is 0 Å². The summed E-state index contributed by atoms with van der Waals surface area (Å²) in [5.74, 6) is 3.36. The Kier molecular flexibility index (Phi) is 4.29. The van der Waals surface area contributed by atoms with Crippen LogP contribution in [0.1, 0.15) is 5.56 Å². The van der Waals surface area contributed by atoms with Crippen molar-refractivity contribution in [2.24, 2.45) is 5.84 Å². The number of nitrogens with one attached hydrogen (secondary N) is 1. The van der Waals surface area contributed by atoms with Crippen molar-refractivity contribution < 1.29 is 18.4 Å². The number of hydrogen-bond acceptors (Lipinski definition) is 5. The number of halogens is 2. The van der Waals surface area contributed by atoms with Crippen molar-refractivity contribution in [2.45, 2.75) is 6.61 Å². The summed E-state index contributed by atoms with van der Waals surface area (Å²) in [5, 5.41) is 10.9. The molecule has 2 aromatic carbocycles. The first kappa shape index (κ1) is 14.7. The van der Waals surface area contributed by atoms with E-state index in [2.05, 4.69) is 5.43 Å². The number of hydrogen-bond donors (Lipinski definition) is 2. The highest BCUT2D eigenvalue weighted by molar-refractivity contribution is 5.65. The second-order valence-electron chi connectivity index (χ2n) is 4.08. The molecule has 0 aliphatic carbocycles. The minimum absolute atomic E-state index is 0.0910. The summed E-state index contributed by atoms with van der Waals surface area (Å²) in [7, 11) is 0. The van der Waals surface area contributed by atoms with Crippen LogP contribution in [0.25, 0.3) is 0 Å². The highest BCUT2D eigenvalue weighted by Gasteiger charge is 2.16. The lowest BCUT2D eigenvalue weighted by atomic mass is 10.1. The minimum Gasteiger partial charge on any atom is -0.489 e. The molecule has 0 aliphatic rings. The van der Waals surface area contributed by atoms with E-state index >= 15 is 0 Å². The van der Waals surface area contributed by atoms with Gasteiger partial charge in [0.2, 0.25) is 0 Å². The van der Waals surface area contributed by atoms with Crippen LogP contribution in [0.4, 0.5) is 20.2 Å². The maximum atomic E-state index is 13.0. The number of hydrazine groups is 1. The van der Waals surface area contributed by atoms with E-state index in [0.29, 0.717) is 5.56 Å². The number of anilines is 1. The standard InChI is InChI=1S/C13H11F2N3O3/c14-10-5-4-9(6-11(10)15)21-7-8-2-1-3-12(18(19)20)13(8)17-16/h1-6,17H,7,16H2. The number of benzene rings is 2. The zero-order valence-corrected chi connectivity index (χ0v) is 10.7. The van der Waals surface area contributed by atoms with Gasteiger partial charge in [-0.2, -0.15) is 0 Å². The van der Waals surface area contributed by atoms with Gasteiger partial charge in [-0.3, -0.25) is 16.0 Å². The third kappa shape index (κ3) is 3.23. The van der Waals surface area contributed by atoms with Crippen LogP contribution in [0.5, 0.6) is 5.75 Å². The van der Waals surface area contributed by atoms with Crippen LogP contribution in [-0.4, -0.2) is 4.92 Å². The summed E-state index contributed by atoms with van der Waals surface area (Å²) in [6, 6.07) is 7.41. The number of ether oxygens (including phenoxy) is 1. The normalized spacial score (nSPS) is 10.2. The topological polar surface area (TPSA) is 90.4 Å². The molecule has 21 heavy (non-hydrogen) atoms. The van der Waals surface area contributed by atoms with Crippen molar-refractivity contribution >= 4 is 11.4 Å². The van der Waals surface area contributed by atoms with E-state index in [1.54, 1.807) is 6.07 Å². The van der Waals surface area contributed by atoms with Crippen LogP contribution < -0.4 is 16.0 Å². The van der Waals surface area contributed by atoms with Crippen LogP contribution in [0.3, 0.4) is 0 Å². The minimum atomic E-state index is -1.04. The maximum Gasteiger partial charge on any atom is 0.294 e. The van der Waals surface area contributed by atoms with E-state index in [0.717, 1.165) is 12.1 Å². The third-order valence-electron chi connectivity index (χ3n) is 2.76.